The number of hydrogen-bond acceptors (Lipinski definition) is 3. The minimum atomic E-state index is -0.416. The Kier molecular flexibility index (Phi) is 5.77. The summed E-state index contributed by atoms with van der Waals surface area (Å²) in [6, 6.07) is 15.3. The number of hydrogen-bond donors (Lipinski definition) is 1. The van der Waals surface area contributed by atoms with E-state index < -0.39 is 6.10 Å². The number of carbonyl (C=O) groups excluding carboxylic acids is 1. The zero-order valence-electron chi connectivity index (χ0n) is 13.8. The molecule has 0 saturated heterocycles. The van der Waals surface area contributed by atoms with Gasteiger partial charge in [-0.1, -0.05) is 30.3 Å². The molecule has 0 aliphatic heterocycles. The number of benzene rings is 2. The first kappa shape index (κ1) is 17.0. The molecule has 0 fully saturated rings. The first-order valence-corrected chi connectivity index (χ1v) is 7.70. The first-order valence-electron chi connectivity index (χ1n) is 7.70. The summed E-state index contributed by atoms with van der Waals surface area (Å²) in [6.45, 7) is 2.24. The van der Waals surface area contributed by atoms with Crippen molar-refractivity contribution in [1.29, 1.82) is 0 Å². The quantitative estimate of drug-likeness (QED) is 0.891. The minimum absolute atomic E-state index is 0.0644. The van der Waals surface area contributed by atoms with Crippen LogP contribution in [0.5, 0.6) is 5.75 Å². The van der Waals surface area contributed by atoms with Crippen LogP contribution in [0.3, 0.4) is 0 Å². The van der Waals surface area contributed by atoms with Crippen molar-refractivity contribution in [2.24, 2.45) is 0 Å². The lowest BCUT2D eigenvalue weighted by atomic mass is 10.0. The number of amides is 1. The number of carbonyl (C=O) groups is 1. The first-order chi connectivity index (χ1) is 11.0. The lowest BCUT2D eigenvalue weighted by molar-refractivity contribution is 0.0769. The van der Waals surface area contributed by atoms with E-state index in [-0.39, 0.29) is 5.91 Å². The lowest BCUT2D eigenvalue weighted by Crippen LogP contribution is -2.29. The van der Waals surface area contributed by atoms with Gasteiger partial charge in [-0.3, -0.25) is 4.79 Å². The smallest absolute Gasteiger partial charge is 0.253 e. The number of rotatable bonds is 6. The highest BCUT2D eigenvalue weighted by Crippen LogP contribution is 2.31. The fraction of sp³-hybridized carbons (Fsp3) is 0.316. The number of nitrogens with zero attached hydrogens (tertiary/aromatic N) is 1. The molecule has 2 aromatic rings. The van der Waals surface area contributed by atoms with Gasteiger partial charge in [0.2, 0.25) is 0 Å². The van der Waals surface area contributed by atoms with Gasteiger partial charge in [-0.2, -0.15) is 0 Å². The van der Waals surface area contributed by atoms with Gasteiger partial charge in [-0.15, -0.1) is 0 Å². The van der Waals surface area contributed by atoms with E-state index >= 15 is 0 Å². The molecule has 1 amide bonds. The van der Waals surface area contributed by atoms with Crippen LogP contribution in [-0.2, 0) is 0 Å². The van der Waals surface area contributed by atoms with Gasteiger partial charge in [0.15, 0.2) is 0 Å². The van der Waals surface area contributed by atoms with Crippen molar-refractivity contribution in [2.75, 3.05) is 20.7 Å². The molecular formula is C19H23NO3. The molecule has 1 N–H and O–H groups in total. The van der Waals surface area contributed by atoms with Crippen molar-refractivity contribution in [2.45, 2.75) is 19.4 Å². The van der Waals surface area contributed by atoms with Crippen LogP contribution in [-0.4, -0.2) is 42.7 Å². The lowest BCUT2D eigenvalue weighted by Gasteiger charge is -2.19. The van der Waals surface area contributed by atoms with Crippen LogP contribution in [0.1, 0.15) is 23.7 Å². The molecular weight excluding hydrogens is 290 g/mol. The Morgan fingerprint density at radius 1 is 1.22 bits per heavy atom. The van der Waals surface area contributed by atoms with Gasteiger partial charge in [-0.25, -0.2) is 0 Å². The fourth-order valence-electron chi connectivity index (χ4n) is 2.39. The average molecular weight is 313 g/mol. The molecule has 0 spiro atoms. The van der Waals surface area contributed by atoms with E-state index in [0.29, 0.717) is 18.5 Å². The van der Waals surface area contributed by atoms with E-state index in [2.05, 4.69) is 0 Å². The zero-order chi connectivity index (χ0) is 16.8. The van der Waals surface area contributed by atoms with Crippen molar-refractivity contribution < 1.29 is 14.6 Å². The minimum Gasteiger partial charge on any atom is -0.496 e. The molecule has 1 atom stereocenters. The maximum atomic E-state index is 12.5. The van der Waals surface area contributed by atoms with Crippen LogP contribution < -0.4 is 4.74 Å². The van der Waals surface area contributed by atoms with Gasteiger partial charge in [0, 0.05) is 24.7 Å². The average Bonchev–Trinajstić information content (AvgIpc) is 2.59. The van der Waals surface area contributed by atoms with Gasteiger partial charge in [-0.05, 0) is 37.1 Å². The molecule has 4 heteroatoms. The van der Waals surface area contributed by atoms with E-state index in [9.17, 15) is 9.90 Å². The number of ether oxygens (including phenoxy) is 1. The van der Waals surface area contributed by atoms with Crippen molar-refractivity contribution in [3.63, 3.8) is 0 Å². The van der Waals surface area contributed by atoms with E-state index in [1.807, 2.05) is 42.5 Å². The van der Waals surface area contributed by atoms with Gasteiger partial charge < -0.3 is 14.7 Å². The van der Waals surface area contributed by atoms with Crippen LogP contribution in [0.4, 0.5) is 0 Å². The molecule has 2 aromatic carbocycles. The highest BCUT2D eigenvalue weighted by atomic mass is 16.5. The molecule has 0 aliphatic carbocycles. The second-order valence-electron chi connectivity index (χ2n) is 5.65. The summed E-state index contributed by atoms with van der Waals surface area (Å²) < 4.78 is 5.42. The summed E-state index contributed by atoms with van der Waals surface area (Å²) in [5.74, 6) is 0.671. The molecule has 0 radical (unpaired) electrons. The van der Waals surface area contributed by atoms with Gasteiger partial charge in [0.25, 0.3) is 5.91 Å². The van der Waals surface area contributed by atoms with Crippen LogP contribution in [0, 0.1) is 0 Å². The second kappa shape index (κ2) is 7.79. The summed E-state index contributed by atoms with van der Waals surface area (Å²) in [6.07, 6.45) is 0.144. The molecule has 4 nitrogen and oxygen atoms in total. The third-order valence-electron chi connectivity index (χ3n) is 3.76. The van der Waals surface area contributed by atoms with Crippen LogP contribution in [0.25, 0.3) is 11.1 Å². The van der Waals surface area contributed by atoms with Gasteiger partial charge >= 0.3 is 0 Å². The molecule has 0 aliphatic rings. The van der Waals surface area contributed by atoms with Crippen LogP contribution in [0.2, 0.25) is 0 Å². The predicted octanol–water partition coefficient (Wildman–Crippen LogP) is 3.21. The maximum Gasteiger partial charge on any atom is 0.253 e. The van der Waals surface area contributed by atoms with E-state index in [0.717, 1.165) is 16.9 Å². The standard InChI is InChI=1S/C19H23NO3/c1-14(21)11-12-20(2)19(22)16-9-10-18(23-3)17(13-16)15-7-5-4-6-8-15/h4-10,13-14,21H,11-12H2,1-3H3. The number of aliphatic hydroxyl groups is 1. The Bertz CT molecular complexity index is 653. The third-order valence-corrected chi connectivity index (χ3v) is 3.76. The van der Waals surface area contributed by atoms with Gasteiger partial charge in [0.1, 0.15) is 5.75 Å². The Morgan fingerprint density at radius 2 is 1.91 bits per heavy atom. The second-order valence-corrected chi connectivity index (χ2v) is 5.65. The molecule has 0 bridgehead atoms. The van der Waals surface area contributed by atoms with Crippen LogP contribution >= 0.6 is 0 Å². The Hall–Kier alpha value is -2.33. The Morgan fingerprint density at radius 3 is 2.52 bits per heavy atom. The van der Waals surface area contributed by atoms with E-state index in [4.69, 9.17) is 4.74 Å². The fourth-order valence-corrected chi connectivity index (χ4v) is 2.39. The van der Waals surface area contributed by atoms with Crippen molar-refractivity contribution >= 4 is 5.91 Å². The Balaban J connectivity index is 2.29. The van der Waals surface area contributed by atoms with Crippen molar-refractivity contribution in [3.8, 4) is 16.9 Å². The normalized spacial score (nSPS) is 11.8. The summed E-state index contributed by atoms with van der Waals surface area (Å²) in [5.41, 5.74) is 2.51. The van der Waals surface area contributed by atoms with E-state index in [1.165, 1.54) is 0 Å². The molecule has 0 saturated carbocycles. The molecule has 23 heavy (non-hydrogen) atoms. The maximum absolute atomic E-state index is 12.5. The van der Waals surface area contributed by atoms with E-state index in [1.54, 1.807) is 32.0 Å². The van der Waals surface area contributed by atoms with Crippen LogP contribution in [0.15, 0.2) is 48.5 Å². The third kappa shape index (κ3) is 4.33. The largest absolute Gasteiger partial charge is 0.496 e. The predicted molar refractivity (Wildman–Crippen MR) is 91.7 cm³/mol. The van der Waals surface area contributed by atoms with Crippen molar-refractivity contribution in [3.05, 3.63) is 54.1 Å². The summed E-state index contributed by atoms with van der Waals surface area (Å²) in [4.78, 5) is 14.2. The molecule has 0 aromatic heterocycles. The highest BCUT2D eigenvalue weighted by molar-refractivity contribution is 5.96. The Labute approximate surface area is 137 Å². The summed E-state index contributed by atoms with van der Waals surface area (Å²) >= 11 is 0. The van der Waals surface area contributed by atoms with Crippen molar-refractivity contribution in [1.82, 2.24) is 4.90 Å². The van der Waals surface area contributed by atoms with Gasteiger partial charge in [0.05, 0.1) is 13.2 Å². The monoisotopic (exact) mass is 313 g/mol. The summed E-state index contributed by atoms with van der Waals surface area (Å²) in [5, 5.41) is 9.36. The number of methoxy groups -OCH3 is 1. The SMILES string of the molecule is COc1ccc(C(=O)N(C)CCC(C)O)cc1-c1ccccc1. The molecule has 122 valence electrons. The molecule has 1 unspecified atom stereocenters. The zero-order valence-corrected chi connectivity index (χ0v) is 13.8. The summed E-state index contributed by atoms with van der Waals surface area (Å²) in [7, 11) is 3.37. The number of aliphatic hydroxyl groups excluding tert-OH is 1. The molecule has 0 heterocycles. The highest BCUT2D eigenvalue weighted by Gasteiger charge is 2.15. The topological polar surface area (TPSA) is 49.8 Å². The molecule has 2 rings (SSSR count).